The molecule has 6 heteroatoms. The molecule has 0 amide bonds. The highest BCUT2D eigenvalue weighted by atomic mass is 16.5. The average molecular weight is 282 g/mol. The highest BCUT2D eigenvalue weighted by Crippen LogP contribution is 2.21. The zero-order chi connectivity index (χ0) is 14.8. The van der Waals surface area contributed by atoms with Gasteiger partial charge >= 0.3 is 5.97 Å². The first kappa shape index (κ1) is 13.2. The topological polar surface area (TPSA) is 69.9 Å². The molecule has 2 aromatic heterocycles. The molecule has 0 atom stereocenters. The molecule has 0 fully saturated rings. The molecule has 0 aliphatic carbocycles. The summed E-state index contributed by atoms with van der Waals surface area (Å²) in [4.78, 5) is 11.7. The molecule has 3 rings (SSSR count). The third kappa shape index (κ3) is 2.35. The van der Waals surface area contributed by atoms with E-state index in [4.69, 9.17) is 4.74 Å². The van der Waals surface area contributed by atoms with Crippen LogP contribution in [0.15, 0.2) is 36.7 Å². The molecule has 0 spiro atoms. The van der Waals surface area contributed by atoms with Gasteiger partial charge in [-0.25, -0.2) is 9.48 Å². The van der Waals surface area contributed by atoms with Crippen molar-refractivity contribution in [2.75, 3.05) is 6.61 Å². The monoisotopic (exact) mass is 282 g/mol. The van der Waals surface area contributed by atoms with Gasteiger partial charge in [0.05, 0.1) is 24.1 Å². The minimum absolute atomic E-state index is 0.331. The number of carbonyl (C=O) groups excluding carboxylic acids is 1. The molecule has 0 N–H and O–H groups in total. The second kappa shape index (κ2) is 5.32. The standard InChI is InChI=1S/C15H14N4O2/c1-3-21-15(20)11-8-16-19(9-11)14-13-7-5-4-6-12(13)10(2)17-18-14/h4-9H,3H2,1-2H3. The Kier molecular flexibility index (Phi) is 3.35. The minimum atomic E-state index is -0.395. The number of rotatable bonds is 3. The quantitative estimate of drug-likeness (QED) is 0.689. The zero-order valence-electron chi connectivity index (χ0n) is 11.8. The predicted molar refractivity (Wildman–Crippen MR) is 77.4 cm³/mol. The summed E-state index contributed by atoms with van der Waals surface area (Å²) in [6.07, 6.45) is 3.07. The van der Waals surface area contributed by atoms with Crippen LogP contribution in [0.25, 0.3) is 16.6 Å². The summed E-state index contributed by atoms with van der Waals surface area (Å²) in [7, 11) is 0. The maximum atomic E-state index is 11.7. The first-order valence-electron chi connectivity index (χ1n) is 6.65. The third-order valence-electron chi connectivity index (χ3n) is 3.16. The van der Waals surface area contributed by atoms with Crippen LogP contribution < -0.4 is 0 Å². The van der Waals surface area contributed by atoms with Crippen LogP contribution in [0.1, 0.15) is 23.0 Å². The summed E-state index contributed by atoms with van der Waals surface area (Å²) in [6.45, 7) is 4.00. The van der Waals surface area contributed by atoms with Crippen molar-refractivity contribution in [3.8, 4) is 5.82 Å². The summed E-state index contributed by atoms with van der Waals surface area (Å²) in [5.74, 6) is 0.194. The molecule has 0 radical (unpaired) electrons. The van der Waals surface area contributed by atoms with Crippen molar-refractivity contribution in [1.29, 1.82) is 0 Å². The van der Waals surface area contributed by atoms with Gasteiger partial charge in [-0.15, -0.1) is 5.10 Å². The van der Waals surface area contributed by atoms with Crippen LogP contribution in [0.3, 0.4) is 0 Å². The first-order valence-corrected chi connectivity index (χ1v) is 6.65. The van der Waals surface area contributed by atoms with Crippen LogP contribution in [0.2, 0.25) is 0 Å². The molecule has 0 saturated heterocycles. The van der Waals surface area contributed by atoms with Crippen LogP contribution in [0, 0.1) is 6.92 Å². The molecular weight excluding hydrogens is 268 g/mol. The van der Waals surface area contributed by atoms with Gasteiger partial charge in [0.2, 0.25) is 0 Å². The fourth-order valence-electron chi connectivity index (χ4n) is 2.15. The lowest BCUT2D eigenvalue weighted by Crippen LogP contribution is -2.04. The second-order valence-electron chi connectivity index (χ2n) is 4.55. The van der Waals surface area contributed by atoms with Gasteiger partial charge in [0, 0.05) is 17.0 Å². The Bertz CT molecular complexity index is 810. The lowest BCUT2D eigenvalue weighted by atomic mass is 10.1. The van der Waals surface area contributed by atoms with Crippen molar-refractivity contribution in [2.45, 2.75) is 13.8 Å². The van der Waals surface area contributed by atoms with Gasteiger partial charge in [-0.2, -0.15) is 10.2 Å². The van der Waals surface area contributed by atoms with E-state index in [1.54, 1.807) is 17.8 Å². The predicted octanol–water partition coefficient (Wildman–Crippen LogP) is 2.30. The molecule has 0 bridgehead atoms. The van der Waals surface area contributed by atoms with E-state index in [9.17, 15) is 4.79 Å². The average Bonchev–Trinajstić information content (AvgIpc) is 2.98. The smallest absolute Gasteiger partial charge is 0.341 e. The number of ether oxygens (including phenoxy) is 1. The van der Waals surface area contributed by atoms with Gasteiger partial charge in [-0.05, 0) is 13.8 Å². The van der Waals surface area contributed by atoms with Gasteiger partial charge in [-0.3, -0.25) is 0 Å². The van der Waals surface area contributed by atoms with Crippen molar-refractivity contribution in [1.82, 2.24) is 20.0 Å². The zero-order valence-corrected chi connectivity index (χ0v) is 11.8. The van der Waals surface area contributed by atoms with Crippen LogP contribution in [0.5, 0.6) is 0 Å². The normalized spacial score (nSPS) is 10.8. The van der Waals surface area contributed by atoms with E-state index >= 15 is 0 Å². The Balaban J connectivity index is 2.09. The highest BCUT2D eigenvalue weighted by Gasteiger charge is 2.13. The van der Waals surface area contributed by atoms with Crippen molar-refractivity contribution in [2.24, 2.45) is 0 Å². The van der Waals surface area contributed by atoms with E-state index in [-0.39, 0.29) is 0 Å². The Labute approximate surface area is 121 Å². The Hall–Kier alpha value is -2.76. The molecule has 21 heavy (non-hydrogen) atoms. The number of hydrogen-bond acceptors (Lipinski definition) is 5. The van der Waals surface area contributed by atoms with E-state index in [2.05, 4.69) is 15.3 Å². The number of aromatic nitrogens is 4. The second-order valence-corrected chi connectivity index (χ2v) is 4.55. The van der Waals surface area contributed by atoms with Gasteiger partial charge in [0.25, 0.3) is 0 Å². The van der Waals surface area contributed by atoms with E-state index in [1.807, 2.05) is 31.2 Å². The minimum Gasteiger partial charge on any atom is -0.462 e. The molecule has 2 heterocycles. The van der Waals surface area contributed by atoms with Crippen molar-refractivity contribution >= 4 is 16.7 Å². The molecule has 0 aliphatic heterocycles. The Morgan fingerprint density at radius 1 is 1.24 bits per heavy atom. The van der Waals surface area contributed by atoms with E-state index in [1.165, 1.54) is 6.20 Å². The molecular formula is C15H14N4O2. The summed E-state index contributed by atoms with van der Waals surface area (Å²) >= 11 is 0. The fourth-order valence-corrected chi connectivity index (χ4v) is 2.15. The largest absolute Gasteiger partial charge is 0.462 e. The van der Waals surface area contributed by atoms with E-state index in [0.717, 1.165) is 16.5 Å². The Morgan fingerprint density at radius 3 is 2.76 bits per heavy atom. The molecule has 0 aliphatic rings. The number of nitrogens with zero attached hydrogens (tertiary/aromatic N) is 4. The lowest BCUT2D eigenvalue weighted by Gasteiger charge is -2.06. The summed E-state index contributed by atoms with van der Waals surface area (Å²) in [5.41, 5.74) is 1.25. The SMILES string of the molecule is CCOC(=O)c1cnn(-c2nnc(C)c3ccccc23)c1. The van der Waals surface area contributed by atoms with Crippen molar-refractivity contribution in [3.63, 3.8) is 0 Å². The summed E-state index contributed by atoms with van der Waals surface area (Å²) in [6, 6.07) is 7.83. The molecule has 1 aromatic carbocycles. The number of benzene rings is 1. The van der Waals surface area contributed by atoms with Crippen molar-refractivity contribution in [3.05, 3.63) is 47.9 Å². The maximum absolute atomic E-state index is 11.7. The van der Waals surface area contributed by atoms with Crippen LogP contribution >= 0.6 is 0 Å². The number of carbonyl (C=O) groups is 1. The fraction of sp³-hybridized carbons (Fsp3) is 0.200. The number of aryl methyl sites for hydroxylation is 1. The molecule has 3 aromatic rings. The molecule has 0 saturated carbocycles. The summed E-state index contributed by atoms with van der Waals surface area (Å²) < 4.78 is 6.50. The lowest BCUT2D eigenvalue weighted by molar-refractivity contribution is 0.0526. The number of hydrogen-bond donors (Lipinski definition) is 0. The Morgan fingerprint density at radius 2 is 2.00 bits per heavy atom. The van der Waals surface area contributed by atoms with Crippen LogP contribution in [0.4, 0.5) is 0 Å². The number of fused-ring (bicyclic) bond motifs is 1. The highest BCUT2D eigenvalue weighted by molar-refractivity contribution is 5.91. The van der Waals surface area contributed by atoms with Gasteiger partial charge < -0.3 is 4.74 Å². The third-order valence-corrected chi connectivity index (χ3v) is 3.16. The van der Waals surface area contributed by atoms with E-state index in [0.29, 0.717) is 18.0 Å². The van der Waals surface area contributed by atoms with E-state index < -0.39 is 5.97 Å². The maximum Gasteiger partial charge on any atom is 0.341 e. The van der Waals surface area contributed by atoms with Crippen molar-refractivity contribution < 1.29 is 9.53 Å². The molecule has 6 nitrogen and oxygen atoms in total. The molecule has 106 valence electrons. The van der Waals surface area contributed by atoms with Crippen LogP contribution in [-0.4, -0.2) is 32.6 Å². The van der Waals surface area contributed by atoms with Gasteiger partial charge in [-0.1, -0.05) is 24.3 Å². The first-order chi connectivity index (χ1) is 10.2. The van der Waals surface area contributed by atoms with Gasteiger partial charge in [0.15, 0.2) is 5.82 Å². The van der Waals surface area contributed by atoms with Crippen LogP contribution in [-0.2, 0) is 4.74 Å². The number of esters is 1. The molecule has 0 unspecified atom stereocenters. The van der Waals surface area contributed by atoms with Gasteiger partial charge in [0.1, 0.15) is 0 Å². The summed E-state index contributed by atoms with van der Waals surface area (Å²) in [5, 5.41) is 14.5.